The van der Waals surface area contributed by atoms with Crippen molar-refractivity contribution in [1.82, 2.24) is 10.2 Å². The Balaban J connectivity index is 1.81. The van der Waals surface area contributed by atoms with Crippen molar-refractivity contribution in [2.75, 3.05) is 24.6 Å². The molecule has 0 unspecified atom stereocenters. The Labute approximate surface area is 111 Å². The third kappa shape index (κ3) is 2.53. The summed E-state index contributed by atoms with van der Waals surface area (Å²) < 4.78 is 11.3. The minimum Gasteiger partial charge on any atom is -0.491 e. The van der Waals surface area contributed by atoms with E-state index in [2.05, 4.69) is 10.2 Å². The van der Waals surface area contributed by atoms with Crippen LogP contribution >= 0.6 is 0 Å². The number of nitrogens with zero attached hydrogens (tertiary/aromatic N) is 3. The molecule has 19 heavy (non-hydrogen) atoms. The standard InChI is InChI=1S/C13H16N4O2/c14-6-5-12-15-16-13(19-12)17-7-8-18-11-4-2-1-3-10(11)9-17/h1-4H,5-9,14H2. The topological polar surface area (TPSA) is 77.4 Å². The molecule has 1 aromatic carbocycles. The lowest BCUT2D eigenvalue weighted by molar-refractivity contribution is 0.329. The van der Waals surface area contributed by atoms with Crippen molar-refractivity contribution in [1.29, 1.82) is 0 Å². The highest BCUT2D eigenvalue weighted by atomic mass is 16.5. The van der Waals surface area contributed by atoms with Crippen LogP contribution in [0, 0.1) is 0 Å². The average Bonchev–Trinajstić information content (AvgIpc) is 2.78. The first-order valence-electron chi connectivity index (χ1n) is 6.35. The monoisotopic (exact) mass is 260 g/mol. The van der Waals surface area contributed by atoms with E-state index in [1.807, 2.05) is 29.2 Å². The second-order valence-corrected chi connectivity index (χ2v) is 4.39. The smallest absolute Gasteiger partial charge is 0.318 e. The zero-order valence-corrected chi connectivity index (χ0v) is 10.6. The highest BCUT2D eigenvalue weighted by Gasteiger charge is 2.19. The van der Waals surface area contributed by atoms with E-state index in [1.54, 1.807) is 0 Å². The second-order valence-electron chi connectivity index (χ2n) is 4.39. The quantitative estimate of drug-likeness (QED) is 0.886. The Morgan fingerprint density at radius 1 is 1.26 bits per heavy atom. The summed E-state index contributed by atoms with van der Waals surface area (Å²) in [6, 6.07) is 8.53. The number of benzene rings is 1. The van der Waals surface area contributed by atoms with Gasteiger partial charge >= 0.3 is 6.01 Å². The molecule has 2 aromatic rings. The maximum atomic E-state index is 5.70. The molecule has 0 bridgehead atoms. The van der Waals surface area contributed by atoms with E-state index < -0.39 is 0 Å². The number of hydrogen-bond acceptors (Lipinski definition) is 6. The van der Waals surface area contributed by atoms with Crippen LogP contribution in [0.1, 0.15) is 11.5 Å². The number of anilines is 1. The lowest BCUT2D eigenvalue weighted by Gasteiger charge is -2.16. The molecule has 0 radical (unpaired) electrons. The fourth-order valence-electron chi connectivity index (χ4n) is 2.09. The van der Waals surface area contributed by atoms with Crippen molar-refractivity contribution in [3.05, 3.63) is 35.7 Å². The summed E-state index contributed by atoms with van der Waals surface area (Å²) in [5.41, 5.74) is 6.60. The van der Waals surface area contributed by atoms with Gasteiger partial charge in [-0.1, -0.05) is 23.3 Å². The van der Waals surface area contributed by atoms with Gasteiger partial charge in [-0.25, -0.2) is 0 Å². The first-order chi connectivity index (χ1) is 9.36. The molecule has 0 aliphatic carbocycles. The molecule has 0 saturated heterocycles. The Bertz CT molecular complexity index is 555. The molecular formula is C13H16N4O2. The van der Waals surface area contributed by atoms with Crippen LogP contribution in [0.5, 0.6) is 5.75 Å². The second kappa shape index (κ2) is 5.27. The zero-order chi connectivity index (χ0) is 13.1. The first kappa shape index (κ1) is 12.0. The predicted octanol–water partition coefficient (Wildman–Crippen LogP) is 0.970. The van der Waals surface area contributed by atoms with Gasteiger partial charge in [0.25, 0.3) is 0 Å². The number of fused-ring (bicyclic) bond motifs is 1. The van der Waals surface area contributed by atoms with Crippen LogP contribution in [0.3, 0.4) is 0 Å². The van der Waals surface area contributed by atoms with Gasteiger partial charge in [0.15, 0.2) is 0 Å². The molecule has 0 saturated carbocycles. The summed E-state index contributed by atoms with van der Waals surface area (Å²) in [7, 11) is 0. The van der Waals surface area contributed by atoms with Gasteiger partial charge in [-0.2, -0.15) is 0 Å². The molecule has 6 nitrogen and oxygen atoms in total. The molecule has 2 heterocycles. The minimum absolute atomic E-state index is 0.508. The summed E-state index contributed by atoms with van der Waals surface area (Å²) in [6.07, 6.45) is 0.605. The van der Waals surface area contributed by atoms with Crippen LogP contribution < -0.4 is 15.4 Å². The SMILES string of the molecule is NCCc1nnc(N2CCOc3ccccc3C2)o1. The summed E-state index contributed by atoms with van der Waals surface area (Å²) >= 11 is 0. The number of ether oxygens (including phenoxy) is 1. The number of para-hydroxylation sites is 1. The van der Waals surface area contributed by atoms with Crippen LogP contribution in [0.4, 0.5) is 6.01 Å². The summed E-state index contributed by atoms with van der Waals surface area (Å²) in [4.78, 5) is 2.03. The maximum absolute atomic E-state index is 5.70. The molecule has 0 fully saturated rings. The maximum Gasteiger partial charge on any atom is 0.318 e. The van der Waals surface area contributed by atoms with E-state index in [9.17, 15) is 0 Å². The van der Waals surface area contributed by atoms with Gasteiger partial charge in [0.2, 0.25) is 5.89 Å². The highest BCUT2D eigenvalue weighted by molar-refractivity contribution is 5.39. The molecule has 0 amide bonds. The Morgan fingerprint density at radius 3 is 3.05 bits per heavy atom. The summed E-state index contributed by atoms with van der Waals surface area (Å²) in [6.45, 7) is 2.54. The molecule has 1 aliphatic heterocycles. The fourth-order valence-corrected chi connectivity index (χ4v) is 2.09. The molecule has 100 valence electrons. The normalized spacial score (nSPS) is 14.7. The fraction of sp³-hybridized carbons (Fsp3) is 0.385. The van der Waals surface area contributed by atoms with Crippen molar-refractivity contribution in [3.63, 3.8) is 0 Å². The lowest BCUT2D eigenvalue weighted by Crippen LogP contribution is -2.25. The van der Waals surface area contributed by atoms with E-state index in [0.717, 1.165) is 17.9 Å². The average molecular weight is 260 g/mol. The van der Waals surface area contributed by atoms with Crippen LogP contribution in [0.25, 0.3) is 0 Å². The molecule has 1 aromatic heterocycles. The van der Waals surface area contributed by atoms with Crippen molar-refractivity contribution < 1.29 is 9.15 Å². The number of rotatable bonds is 3. The van der Waals surface area contributed by atoms with Gasteiger partial charge in [0, 0.05) is 18.5 Å². The van der Waals surface area contributed by atoms with E-state index in [4.69, 9.17) is 14.9 Å². The molecule has 6 heteroatoms. The molecule has 0 atom stereocenters. The number of nitrogens with two attached hydrogens (primary N) is 1. The van der Waals surface area contributed by atoms with Crippen molar-refractivity contribution in [2.24, 2.45) is 5.73 Å². The van der Waals surface area contributed by atoms with E-state index in [0.29, 0.717) is 38.0 Å². The highest BCUT2D eigenvalue weighted by Crippen LogP contribution is 2.25. The Kier molecular flexibility index (Phi) is 3.33. The summed E-state index contributed by atoms with van der Waals surface area (Å²) in [5, 5.41) is 8.06. The van der Waals surface area contributed by atoms with Crippen molar-refractivity contribution >= 4 is 6.01 Å². The van der Waals surface area contributed by atoms with Crippen LogP contribution in [-0.2, 0) is 13.0 Å². The summed E-state index contributed by atoms with van der Waals surface area (Å²) in [5.74, 6) is 1.50. The molecule has 3 rings (SSSR count). The Hall–Kier alpha value is -2.08. The van der Waals surface area contributed by atoms with Gasteiger partial charge in [0.05, 0.1) is 13.1 Å². The van der Waals surface area contributed by atoms with Gasteiger partial charge < -0.3 is 19.8 Å². The molecule has 0 spiro atoms. The number of hydrogen-bond donors (Lipinski definition) is 1. The largest absolute Gasteiger partial charge is 0.491 e. The van der Waals surface area contributed by atoms with Gasteiger partial charge in [-0.05, 0) is 6.07 Å². The van der Waals surface area contributed by atoms with E-state index in [1.165, 1.54) is 0 Å². The Morgan fingerprint density at radius 2 is 2.16 bits per heavy atom. The van der Waals surface area contributed by atoms with E-state index in [-0.39, 0.29) is 0 Å². The zero-order valence-electron chi connectivity index (χ0n) is 10.6. The molecule has 2 N–H and O–H groups in total. The van der Waals surface area contributed by atoms with Gasteiger partial charge in [0.1, 0.15) is 12.4 Å². The predicted molar refractivity (Wildman–Crippen MR) is 70.0 cm³/mol. The van der Waals surface area contributed by atoms with Crippen molar-refractivity contribution in [3.8, 4) is 5.75 Å². The van der Waals surface area contributed by atoms with Crippen molar-refractivity contribution in [2.45, 2.75) is 13.0 Å². The number of aromatic nitrogens is 2. The van der Waals surface area contributed by atoms with Crippen LogP contribution in [-0.4, -0.2) is 29.9 Å². The van der Waals surface area contributed by atoms with E-state index >= 15 is 0 Å². The van der Waals surface area contributed by atoms with Crippen LogP contribution in [0.2, 0.25) is 0 Å². The first-order valence-corrected chi connectivity index (χ1v) is 6.35. The molecule has 1 aliphatic rings. The molecular weight excluding hydrogens is 244 g/mol. The van der Waals surface area contributed by atoms with Gasteiger partial charge in [-0.15, -0.1) is 5.10 Å². The third-order valence-electron chi connectivity index (χ3n) is 3.04. The van der Waals surface area contributed by atoms with Gasteiger partial charge in [-0.3, -0.25) is 0 Å². The third-order valence-corrected chi connectivity index (χ3v) is 3.04. The lowest BCUT2D eigenvalue weighted by atomic mass is 10.2. The minimum atomic E-state index is 0.508. The van der Waals surface area contributed by atoms with Crippen LogP contribution in [0.15, 0.2) is 28.7 Å².